The van der Waals surface area contributed by atoms with Crippen LogP contribution in [0.4, 0.5) is 5.82 Å². The summed E-state index contributed by atoms with van der Waals surface area (Å²) in [5, 5.41) is 14.5. The van der Waals surface area contributed by atoms with Crippen molar-refractivity contribution in [1.82, 2.24) is 14.8 Å². The highest BCUT2D eigenvalue weighted by Gasteiger charge is 2.31. The van der Waals surface area contributed by atoms with E-state index in [0.29, 0.717) is 35.8 Å². The number of anilines is 1. The molecule has 206 valence electrons. The van der Waals surface area contributed by atoms with E-state index in [0.717, 1.165) is 28.9 Å². The highest BCUT2D eigenvalue weighted by Crippen LogP contribution is 2.37. The van der Waals surface area contributed by atoms with Crippen LogP contribution >= 0.6 is 0 Å². The topological polar surface area (TPSA) is 97.6 Å². The van der Waals surface area contributed by atoms with E-state index in [4.69, 9.17) is 9.72 Å². The monoisotopic (exact) mass is 530 g/mol. The number of carbonyl (C=O) groups is 2. The molecule has 8 nitrogen and oxygen atoms in total. The number of aromatic nitrogens is 3. The Kier molecular flexibility index (Phi) is 7.23. The van der Waals surface area contributed by atoms with E-state index in [9.17, 15) is 14.7 Å². The van der Waals surface area contributed by atoms with Gasteiger partial charge in [0.1, 0.15) is 11.4 Å². The largest absolute Gasteiger partial charge is 0.478 e. The quantitative estimate of drug-likeness (QED) is 0.378. The molecule has 1 saturated carbocycles. The second-order valence-corrected chi connectivity index (χ2v) is 11.8. The molecule has 1 N–H and O–H groups in total. The van der Waals surface area contributed by atoms with Gasteiger partial charge in [0.2, 0.25) is 0 Å². The van der Waals surface area contributed by atoms with E-state index in [1.54, 1.807) is 12.1 Å². The zero-order chi connectivity index (χ0) is 27.9. The lowest BCUT2D eigenvalue weighted by Crippen LogP contribution is -2.36. The number of ether oxygens (including phenoxy) is 1. The Hall–Kier alpha value is -3.68. The number of hydrogen-bond donors (Lipinski definition) is 1. The van der Waals surface area contributed by atoms with Crippen molar-refractivity contribution in [3.63, 3.8) is 0 Å². The van der Waals surface area contributed by atoms with Crippen molar-refractivity contribution >= 4 is 17.8 Å². The molecule has 1 fully saturated rings. The van der Waals surface area contributed by atoms with E-state index >= 15 is 0 Å². The first kappa shape index (κ1) is 26.9. The summed E-state index contributed by atoms with van der Waals surface area (Å²) >= 11 is 0. The number of hydrogen-bond acceptors (Lipinski definition) is 6. The first-order valence-electron chi connectivity index (χ1n) is 13.9. The van der Waals surface area contributed by atoms with Crippen LogP contribution in [0.25, 0.3) is 11.1 Å². The number of carboxylic acid groups (broad SMARTS) is 1. The van der Waals surface area contributed by atoms with Gasteiger partial charge in [-0.25, -0.2) is 14.6 Å². The number of esters is 1. The molecule has 1 unspecified atom stereocenters. The summed E-state index contributed by atoms with van der Waals surface area (Å²) in [5.74, 6) is -0.169. The second-order valence-electron chi connectivity index (χ2n) is 11.8. The molecule has 0 bridgehead atoms. The maximum atomic E-state index is 13.5. The van der Waals surface area contributed by atoms with Crippen molar-refractivity contribution in [2.45, 2.75) is 84.9 Å². The number of rotatable bonds is 6. The van der Waals surface area contributed by atoms with Crippen LogP contribution in [-0.2, 0) is 17.7 Å². The molecule has 2 aliphatic rings. The molecule has 8 heteroatoms. The molecule has 5 rings (SSSR count). The molecule has 0 amide bonds. The fourth-order valence-corrected chi connectivity index (χ4v) is 6.05. The normalized spacial score (nSPS) is 17.8. The van der Waals surface area contributed by atoms with Crippen molar-refractivity contribution in [2.75, 3.05) is 11.4 Å². The third-order valence-electron chi connectivity index (χ3n) is 8.00. The Labute approximate surface area is 230 Å². The van der Waals surface area contributed by atoms with Crippen molar-refractivity contribution in [3.8, 4) is 11.1 Å². The van der Waals surface area contributed by atoms with E-state index in [1.807, 2.05) is 59.0 Å². The third-order valence-corrected chi connectivity index (χ3v) is 8.00. The highest BCUT2D eigenvalue weighted by molar-refractivity contribution is 5.96. The van der Waals surface area contributed by atoms with Gasteiger partial charge in [-0.15, -0.1) is 0 Å². The molecule has 2 aromatic heterocycles. The van der Waals surface area contributed by atoms with Crippen molar-refractivity contribution < 1.29 is 19.4 Å². The smallest absolute Gasteiger partial charge is 0.358 e. The van der Waals surface area contributed by atoms with Crippen molar-refractivity contribution in [3.05, 3.63) is 64.6 Å². The second kappa shape index (κ2) is 10.5. The minimum absolute atomic E-state index is 0.221. The summed E-state index contributed by atoms with van der Waals surface area (Å²) in [6.45, 7) is 11.1. The maximum absolute atomic E-state index is 13.5. The predicted octanol–water partition coefficient (Wildman–Crippen LogP) is 6.22. The maximum Gasteiger partial charge on any atom is 0.358 e. The Morgan fingerprint density at radius 2 is 1.85 bits per heavy atom. The molecule has 0 saturated heterocycles. The number of nitrogens with zero attached hydrogens (tertiary/aromatic N) is 4. The average molecular weight is 531 g/mol. The molecule has 39 heavy (non-hydrogen) atoms. The summed E-state index contributed by atoms with van der Waals surface area (Å²) in [7, 11) is 0. The molecule has 1 atom stereocenters. The standard InChI is InChI=1S/C31H38N4O4/c1-19-25(17-32-35(19)18-21-9-6-7-10-21)23-13-14-26(33-28(23)30(38)39-31(3,4)5)34-16-15-22-11-8-12-24(29(36)37)27(22)20(34)2/h8,11-14,17,20-21H,6-7,9-10,15-16,18H2,1-5H3,(H,36,37). The zero-order valence-corrected chi connectivity index (χ0v) is 23.5. The molecule has 1 aliphatic heterocycles. The van der Waals surface area contributed by atoms with E-state index in [2.05, 4.69) is 14.7 Å². The SMILES string of the molecule is Cc1c(-c2ccc(N3CCc4cccc(C(=O)O)c4C3C)nc2C(=O)OC(C)(C)C)cnn1CC1CCCC1. The van der Waals surface area contributed by atoms with Crippen LogP contribution in [0.5, 0.6) is 0 Å². The number of benzene rings is 1. The molecule has 0 radical (unpaired) electrons. The molecular weight excluding hydrogens is 492 g/mol. The highest BCUT2D eigenvalue weighted by atomic mass is 16.6. The molecule has 1 aromatic carbocycles. The van der Waals surface area contributed by atoms with E-state index in [-0.39, 0.29) is 11.7 Å². The Balaban J connectivity index is 1.54. The van der Waals surface area contributed by atoms with Gasteiger partial charge < -0.3 is 14.7 Å². The summed E-state index contributed by atoms with van der Waals surface area (Å²) in [5.41, 5.74) is 4.28. The molecule has 3 aromatic rings. The molecule has 3 heterocycles. The van der Waals surface area contributed by atoms with Crippen LogP contribution < -0.4 is 4.90 Å². The van der Waals surface area contributed by atoms with Crippen LogP contribution in [0.15, 0.2) is 36.5 Å². The minimum Gasteiger partial charge on any atom is -0.478 e. The van der Waals surface area contributed by atoms with E-state index < -0.39 is 17.5 Å². The van der Waals surface area contributed by atoms with Gasteiger partial charge in [0.25, 0.3) is 0 Å². The lowest BCUT2D eigenvalue weighted by molar-refractivity contribution is 0.00637. The van der Waals surface area contributed by atoms with Gasteiger partial charge in [-0.3, -0.25) is 4.68 Å². The number of carbonyl (C=O) groups excluding carboxylic acids is 1. The Morgan fingerprint density at radius 1 is 1.10 bits per heavy atom. The lowest BCUT2D eigenvalue weighted by Gasteiger charge is -2.37. The average Bonchev–Trinajstić information content (AvgIpc) is 3.53. The zero-order valence-electron chi connectivity index (χ0n) is 23.5. The van der Waals surface area contributed by atoms with E-state index in [1.165, 1.54) is 25.7 Å². The van der Waals surface area contributed by atoms with Gasteiger partial charge in [0.05, 0.1) is 17.8 Å². The number of aromatic carboxylic acids is 1. The fraction of sp³-hybridized carbons (Fsp3) is 0.484. The van der Waals surface area contributed by atoms with Crippen molar-refractivity contribution in [1.29, 1.82) is 0 Å². The number of fused-ring (bicyclic) bond motifs is 1. The van der Waals surface area contributed by atoms with Crippen LogP contribution in [0.2, 0.25) is 0 Å². The predicted molar refractivity (Wildman–Crippen MR) is 150 cm³/mol. The lowest BCUT2D eigenvalue weighted by atomic mass is 9.89. The minimum atomic E-state index is -0.941. The van der Waals surface area contributed by atoms with Gasteiger partial charge in [0, 0.05) is 29.9 Å². The summed E-state index contributed by atoms with van der Waals surface area (Å²) < 4.78 is 7.84. The van der Waals surface area contributed by atoms with Gasteiger partial charge in [-0.2, -0.15) is 5.10 Å². The van der Waals surface area contributed by atoms with Crippen LogP contribution in [0.3, 0.4) is 0 Å². The first-order chi connectivity index (χ1) is 18.5. The molecule has 1 aliphatic carbocycles. The van der Waals surface area contributed by atoms with Gasteiger partial charge in [0.15, 0.2) is 5.69 Å². The van der Waals surface area contributed by atoms with Gasteiger partial charge in [-0.05, 0) is 89.1 Å². The Bertz CT molecular complexity index is 1400. The summed E-state index contributed by atoms with van der Waals surface area (Å²) in [4.78, 5) is 32.4. The first-order valence-corrected chi connectivity index (χ1v) is 13.9. The number of carboxylic acids is 1. The van der Waals surface area contributed by atoms with Crippen LogP contribution in [0.1, 0.15) is 97.1 Å². The van der Waals surface area contributed by atoms with Crippen LogP contribution in [0, 0.1) is 12.8 Å². The fourth-order valence-electron chi connectivity index (χ4n) is 6.05. The number of pyridine rings is 1. The van der Waals surface area contributed by atoms with Crippen molar-refractivity contribution in [2.24, 2.45) is 5.92 Å². The van der Waals surface area contributed by atoms with Gasteiger partial charge in [-0.1, -0.05) is 25.0 Å². The summed E-state index contributed by atoms with van der Waals surface area (Å²) in [6.07, 6.45) is 7.54. The summed E-state index contributed by atoms with van der Waals surface area (Å²) in [6, 6.07) is 9.06. The third kappa shape index (κ3) is 5.42. The van der Waals surface area contributed by atoms with Gasteiger partial charge >= 0.3 is 11.9 Å². The Morgan fingerprint density at radius 3 is 2.54 bits per heavy atom. The van der Waals surface area contributed by atoms with Crippen LogP contribution in [-0.4, -0.2) is 44.0 Å². The molecular formula is C31H38N4O4. The molecule has 0 spiro atoms.